The van der Waals surface area contributed by atoms with E-state index in [1.807, 2.05) is 30.3 Å². The zero-order valence-corrected chi connectivity index (χ0v) is 15.7. The van der Waals surface area contributed by atoms with Crippen LogP contribution in [0.3, 0.4) is 0 Å². The summed E-state index contributed by atoms with van der Waals surface area (Å²) in [7, 11) is 2.93. The van der Waals surface area contributed by atoms with Crippen molar-refractivity contribution in [2.75, 3.05) is 5.32 Å². The summed E-state index contributed by atoms with van der Waals surface area (Å²) in [6.45, 7) is 0. The Hall–Kier alpha value is -4.01. The Morgan fingerprint density at radius 3 is 2.66 bits per heavy atom. The normalized spacial score (nSPS) is 11.0. The smallest absolute Gasteiger partial charge is 0.332 e. The van der Waals surface area contributed by atoms with Crippen molar-refractivity contribution >= 4 is 22.6 Å². The van der Waals surface area contributed by atoms with Crippen LogP contribution in [-0.4, -0.2) is 25.0 Å². The van der Waals surface area contributed by atoms with Crippen LogP contribution in [0.5, 0.6) is 0 Å². The van der Waals surface area contributed by atoms with Gasteiger partial charge in [0.15, 0.2) is 0 Å². The minimum absolute atomic E-state index is 0.000341. The fourth-order valence-corrected chi connectivity index (χ4v) is 3.00. The SMILES string of the molecule is Cn1c(=O)c2cc(NC(=O)Cc3coc(-c4ccccc4)n3)cnc2n(C)c1=O. The second-order valence-electron chi connectivity index (χ2n) is 6.54. The van der Waals surface area contributed by atoms with Gasteiger partial charge in [0, 0.05) is 19.7 Å². The predicted molar refractivity (Wildman–Crippen MR) is 106 cm³/mol. The lowest BCUT2D eigenvalue weighted by Gasteiger charge is -2.08. The van der Waals surface area contributed by atoms with E-state index in [9.17, 15) is 14.4 Å². The molecule has 0 bridgehead atoms. The first-order valence-corrected chi connectivity index (χ1v) is 8.79. The van der Waals surface area contributed by atoms with E-state index in [2.05, 4.69) is 15.3 Å². The van der Waals surface area contributed by atoms with Gasteiger partial charge in [-0.15, -0.1) is 0 Å². The molecule has 146 valence electrons. The van der Waals surface area contributed by atoms with E-state index < -0.39 is 11.2 Å². The molecule has 3 heterocycles. The molecule has 0 atom stereocenters. The van der Waals surface area contributed by atoms with Crippen LogP contribution in [0.1, 0.15) is 5.69 Å². The van der Waals surface area contributed by atoms with E-state index in [0.717, 1.165) is 10.1 Å². The summed E-state index contributed by atoms with van der Waals surface area (Å²) in [5.41, 5.74) is 0.959. The van der Waals surface area contributed by atoms with E-state index >= 15 is 0 Å². The molecular weight excluding hydrogens is 374 g/mol. The number of aryl methyl sites for hydroxylation is 1. The van der Waals surface area contributed by atoms with Crippen molar-refractivity contribution < 1.29 is 9.21 Å². The number of fused-ring (bicyclic) bond motifs is 1. The van der Waals surface area contributed by atoms with E-state index in [1.165, 1.54) is 37.2 Å². The lowest BCUT2D eigenvalue weighted by molar-refractivity contribution is -0.115. The minimum atomic E-state index is -0.476. The number of nitrogens with zero attached hydrogens (tertiary/aromatic N) is 4. The van der Waals surface area contributed by atoms with Gasteiger partial charge in [-0.1, -0.05) is 18.2 Å². The Bertz CT molecular complexity index is 1330. The van der Waals surface area contributed by atoms with Crippen molar-refractivity contribution in [3.63, 3.8) is 0 Å². The van der Waals surface area contributed by atoms with Crippen LogP contribution in [0.4, 0.5) is 5.69 Å². The predicted octanol–water partition coefficient (Wildman–Crippen LogP) is 1.47. The molecule has 0 fully saturated rings. The highest BCUT2D eigenvalue weighted by Crippen LogP contribution is 2.18. The zero-order chi connectivity index (χ0) is 20.5. The maximum Gasteiger partial charge on any atom is 0.332 e. The lowest BCUT2D eigenvalue weighted by Crippen LogP contribution is -2.37. The Labute approximate surface area is 164 Å². The van der Waals surface area contributed by atoms with Gasteiger partial charge in [0.2, 0.25) is 11.8 Å². The molecule has 3 aromatic heterocycles. The summed E-state index contributed by atoms with van der Waals surface area (Å²) in [4.78, 5) is 45.2. The molecule has 1 amide bonds. The highest BCUT2D eigenvalue weighted by Gasteiger charge is 2.13. The van der Waals surface area contributed by atoms with Crippen LogP contribution in [0.15, 0.2) is 62.9 Å². The van der Waals surface area contributed by atoms with Gasteiger partial charge in [0.05, 0.1) is 29.4 Å². The average Bonchev–Trinajstić information content (AvgIpc) is 3.19. The quantitative estimate of drug-likeness (QED) is 0.564. The molecule has 0 unspecified atom stereocenters. The molecule has 0 saturated heterocycles. The maximum atomic E-state index is 12.4. The van der Waals surface area contributed by atoms with Crippen LogP contribution in [0.25, 0.3) is 22.5 Å². The number of carbonyl (C=O) groups excluding carboxylic acids is 1. The number of oxazole rings is 1. The first-order valence-electron chi connectivity index (χ1n) is 8.79. The van der Waals surface area contributed by atoms with Gasteiger partial charge < -0.3 is 9.73 Å². The first-order chi connectivity index (χ1) is 13.9. The van der Waals surface area contributed by atoms with Crippen molar-refractivity contribution in [2.45, 2.75) is 6.42 Å². The molecule has 0 aliphatic heterocycles. The highest BCUT2D eigenvalue weighted by molar-refractivity contribution is 5.93. The van der Waals surface area contributed by atoms with E-state index in [0.29, 0.717) is 17.3 Å². The first kappa shape index (κ1) is 18.4. The van der Waals surface area contributed by atoms with Gasteiger partial charge in [-0.2, -0.15) is 0 Å². The van der Waals surface area contributed by atoms with Gasteiger partial charge in [-0.3, -0.25) is 18.7 Å². The molecule has 1 N–H and O–H groups in total. The number of rotatable bonds is 4. The van der Waals surface area contributed by atoms with Crippen molar-refractivity contribution in [3.05, 3.63) is 75.4 Å². The molecule has 0 aliphatic rings. The van der Waals surface area contributed by atoms with Gasteiger partial charge in [-0.05, 0) is 18.2 Å². The largest absolute Gasteiger partial charge is 0.444 e. The molecule has 29 heavy (non-hydrogen) atoms. The van der Waals surface area contributed by atoms with Crippen molar-refractivity contribution in [1.82, 2.24) is 19.1 Å². The van der Waals surface area contributed by atoms with Crippen LogP contribution in [0, 0.1) is 0 Å². The fraction of sp³-hybridized carbons (Fsp3) is 0.150. The molecule has 1 aromatic carbocycles. The van der Waals surface area contributed by atoms with Crippen molar-refractivity contribution in [3.8, 4) is 11.5 Å². The second kappa shape index (κ2) is 7.19. The van der Waals surface area contributed by atoms with Crippen molar-refractivity contribution in [2.24, 2.45) is 14.1 Å². The van der Waals surface area contributed by atoms with Crippen LogP contribution in [0.2, 0.25) is 0 Å². The van der Waals surface area contributed by atoms with Gasteiger partial charge in [-0.25, -0.2) is 14.8 Å². The van der Waals surface area contributed by atoms with Crippen molar-refractivity contribution in [1.29, 1.82) is 0 Å². The summed E-state index contributed by atoms with van der Waals surface area (Å²) in [5.74, 6) is 0.103. The number of pyridine rings is 1. The number of carbonyl (C=O) groups is 1. The number of hydrogen-bond donors (Lipinski definition) is 1. The van der Waals surface area contributed by atoms with Crippen LogP contribution in [-0.2, 0) is 25.3 Å². The molecule has 9 heteroatoms. The summed E-state index contributed by atoms with van der Waals surface area (Å²) in [6.07, 6.45) is 2.84. The third kappa shape index (κ3) is 3.45. The van der Waals surface area contributed by atoms with Crippen LogP contribution >= 0.6 is 0 Å². The van der Waals surface area contributed by atoms with E-state index in [-0.39, 0.29) is 23.4 Å². The van der Waals surface area contributed by atoms with Gasteiger partial charge >= 0.3 is 5.69 Å². The minimum Gasteiger partial charge on any atom is -0.444 e. The summed E-state index contributed by atoms with van der Waals surface area (Å²) in [6, 6.07) is 10.9. The summed E-state index contributed by atoms with van der Waals surface area (Å²) < 4.78 is 7.71. The lowest BCUT2D eigenvalue weighted by atomic mass is 10.2. The second-order valence-corrected chi connectivity index (χ2v) is 6.54. The zero-order valence-electron chi connectivity index (χ0n) is 15.7. The molecule has 0 radical (unpaired) electrons. The Morgan fingerprint density at radius 1 is 1.14 bits per heavy atom. The Morgan fingerprint density at radius 2 is 1.90 bits per heavy atom. The van der Waals surface area contributed by atoms with E-state index in [4.69, 9.17) is 4.42 Å². The number of anilines is 1. The monoisotopic (exact) mass is 391 g/mol. The topological polar surface area (TPSA) is 112 Å². The van der Waals surface area contributed by atoms with Crippen LogP contribution < -0.4 is 16.6 Å². The molecule has 4 rings (SSSR count). The third-order valence-electron chi connectivity index (χ3n) is 4.49. The fourth-order valence-electron chi connectivity index (χ4n) is 3.00. The molecule has 4 aromatic rings. The molecule has 0 spiro atoms. The Kier molecular flexibility index (Phi) is 4.55. The van der Waals surface area contributed by atoms with Gasteiger partial charge in [0.1, 0.15) is 11.9 Å². The maximum absolute atomic E-state index is 12.4. The number of nitrogens with one attached hydrogen (secondary N) is 1. The summed E-state index contributed by atoms with van der Waals surface area (Å²) >= 11 is 0. The number of benzene rings is 1. The average molecular weight is 391 g/mol. The molecular formula is C20H17N5O4. The third-order valence-corrected chi connectivity index (χ3v) is 4.49. The number of amides is 1. The summed E-state index contributed by atoms with van der Waals surface area (Å²) in [5, 5.41) is 2.93. The number of aromatic nitrogens is 4. The standard InChI is InChI=1S/C20H17N5O4/c1-24-17-15(19(27)25(2)20(24)28)8-13(10-21-17)22-16(26)9-14-11-29-18(23-14)12-6-4-3-5-7-12/h3-8,10-11H,9H2,1-2H3,(H,22,26). The molecule has 0 aliphatic carbocycles. The molecule has 9 nitrogen and oxygen atoms in total. The number of hydrogen-bond acceptors (Lipinski definition) is 6. The van der Waals surface area contributed by atoms with Gasteiger partial charge in [0.25, 0.3) is 5.56 Å². The highest BCUT2D eigenvalue weighted by atomic mass is 16.3. The van der Waals surface area contributed by atoms with E-state index in [1.54, 1.807) is 0 Å². The molecule has 0 saturated carbocycles. The Balaban J connectivity index is 1.55.